The predicted octanol–water partition coefficient (Wildman–Crippen LogP) is 3.27. The maximum atomic E-state index is 10.00. The van der Waals surface area contributed by atoms with Gasteiger partial charge in [-0.3, -0.25) is 0 Å². The molecule has 0 atom stereocenters. The second kappa shape index (κ2) is 13.1. The second-order valence-corrected chi connectivity index (χ2v) is 3.22. The van der Waals surface area contributed by atoms with E-state index < -0.39 is 0 Å². The van der Waals surface area contributed by atoms with Gasteiger partial charge in [-0.2, -0.15) is 0 Å². The average molecular weight is 212 g/mol. The Morgan fingerprint density at radius 3 is 2.27 bits per heavy atom. The van der Waals surface area contributed by atoms with Crippen LogP contribution in [0.5, 0.6) is 0 Å². The molecule has 0 bridgehead atoms. The van der Waals surface area contributed by atoms with Crippen LogP contribution in [0.2, 0.25) is 0 Å². The van der Waals surface area contributed by atoms with E-state index in [0.717, 1.165) is 24.7 Å². The summed E-state index contributed by atoms with van der Waals surface area (Å²) in [4.78, 5) is 10.00. The van der Waals surface area contributed by atoms with E-state index in [0.29, 0.717) is 6.42 Å². The van der Waals surface area contributed by atoms with Crippen LogP contribution in [0.15, 0.2) is 23.8 Å². The van der Waals surface area contributed by atoms with E-state index in [1.54, 1.807) is 13.8 Å². The molecule has 0 spiro atoms. The Morgan fingerprint density at radius 1 is 1.40 bits per heavy atom. The summed E-state index contributed by atoms with van der Waals surface area (Å²) in [6, 6.07) is 0. The number of aldehydes is 1. The van der Waals surface area contributed by atoms with Gasteiger partial charge in [0.15, 0.2) is 0 Å². The van der Waals surface area contributed by atoms with Crippen molar-refractivity contribution in [2.45, 2.75) is 53.1 Å². The quantitative estimate of drug-likeness (QED) is 0.713. The van der Waals surface area contributed by atoms with E-state index in [2.05, 4.69) is 12.2 Å². The normalized spacial score (nSPS) is 13.1. The number of aliphatic hydroxyl groups excluding tert-OH is 1. The molecule has 88 valence electrons. The fraction of sp³-hybridized carbons (Fsp3) is 0.615. The fourth-order valence-electron chi connectivity index (χ4n) is 0.915. The van der Waals surface area contributed by atoms with Crippen molar-refractivity contribution < 1.29 is 9.90 Å². The zero-order valence-electron chi connectivity index (χ0n) is 10.4. The van der Waals surface area contributed by atoms with Crippen molar-refractivity contribution in [3.8, 4) is 0 Å². The monoisotopic (exact) mass is 212 g/mol. The van der Waals surface area contributed by atoms with Crippen molar-refractivity contribution in [3.63, 3.8) is 0 Å². The van der Waals surface area contributed by atoms with Crippen LogP contribution < -0.4 is 0 Å². The molecule has 0 saturated heterocycles. The van der Waals surface area contributed by atoms with Gasteiger partial charge in [-0.1, -0.05) is 32.1 Å². The average Bonchev–Trinajstić information content (AvgIpc) is 2.22. The number of aliphatic hydroxyl groups is 1. The summed E-state index contributed by atoms with van der Waals surface area (Å²) in [7, 11) is 0. The third kappa shape index (κ3) is 15.8. The van der Waals surface area contributed by atoms with Crippen molar-refractivity contribution in [2.75, 3.05) is 0 Å². The Bertz CT molecular complexity index is 188. The first-order valence-electron chi connectivity index (χ1n) is 5.64. The molecule has 15 heavy (non-hydrogen) atoms. The lowest BCUT2D eigenvalue weighted by Gasteiger charge is -2.00. The highest BCUT2D eigenvalue weighted by molar-refractivity contribution is 5.56. The van der Waals surface area contributed by atoms with Crippen LogP contribution >= 0.6 is 0 Å². The van der Waals surface area contributed by atoms with Crippen LogP contribution in [-0.2, 0) is 4.79 Å². The topological polar surface area (TPSA) is 37.3 Å². The van der Waals surface area contributed by atoms with E-state index >= 15 is 0 Å². The van der Waals surface area contributed by atoms with E-state index in [9.17, 15) is 4.79 Å². The first-order valence-corrected chi connectivity index (χ1v) is 5.64. The number of allylic oxidation sites excluding steroid dienone is 4. The van der Waals surface area contributed by atoms with Crippen LogP contribution in [0.25, 0.3) is 0 Å². The summed E-state index contributed by atoms with van der Waals surface area (Å²) in [5, 5.41) is 8.06. The van der Waals surface area contributed by atoms with Crippen molar-refractivity contribution in [2.24, 2.45) is 0 Å². The summed E-state index contributed by atoms with van der Waals surface area (Å²) in [6.07, 6.45) is 9.84. The van der Waals surface area contributed by atoms with E-state index in [4.69, 9.17) is 5.11 Å². The molecule has 2 nitrogen and oxygen atoms in total. The first kappa shape index (κ1) is 16.5. The van der Waals surface area contributed by atoms with Gasteiger partial charge in [0.25, 0.3) is 0 Å². The molecule has 1 aliphatic rings. The smallest absolute Gasteiger partial charge is 0.124 e. The van der Waals surface area contributed by atoms with Gasteiger partial charge in [-0.25, -0.2) is 0 Å². The van der Waals surface area contributed by atoms with Crippen LogP contribution in [0.3, 0.4) is 0 Å². The third-order valence-corrected chi connectivity index (χ3v) is 1.39. The van der Waals surface area contributed by atoms with E-state index in [1.807, 2.05) is 19.9 Å². The zero-order valence-corrected chi connectivity index (χ0v) is 10.4. The van der Waals surface area contributed by atoms with E-state index in [-0.39, 0.29) is 6.10 Å². The lowest BCUT2D eigenvalue weighted by atomic mass is 10.1. The lowest BCUT2D eigenvalue weighted by Crippen LogP contribution is -1.85. The predicted molar refractivity (Wildman–Crippen MR) is 65.8 cm³/mol. The molecule has 0 aromatic rings. The van der Waals surface area contributed by atoms with Crippen LogP contribution in [0.1, 0.15) is 47.0 Å². The van der Waals surface area contributed by atoms with Gasteiger partial charge in [0.05, 0.1) is 0 Å². The van der Waals surface area contributed by atoms with Gasteiger partial charge in [0.1, 0.15) is 6.29 Å². The van der Waals surface area contributed by atoms with Crippen molar-refractivity contribution in [1.82, 2.24) is 0 Å². The maximum Gasteiger partial charge on any atom is 0.124 e. The zero-order chi connectivity index (χ0) is 12.1. The summed E-state index contributed by atoms with van der Waals surface area (Å²) in [5.74, 6) is 0. The SMILES string of the molecule is CC.CC(C)O.O=CCC1=CCCC=C1. The minimum absolute atomic E-state index is 0.167. The first-order chi connectivity index (χ1) is 7.16. The Kier molecular flexibility index (Phi) is 14.5. The maximum absolute atomic E-state index is 10.00. The molecule has 0 radical (unpaired) electrons. The largest absolute Gasteiger partial charge is 0.394 e. The van der Waals surface area contributed by atoms with Crippen LogP contribution in [-0.4, -0.2) is 17.5 Å². The number of carbonyl (C=O) groups is 1. The molecule has 0 fully saturated rings. The van der Waals surface area contributed by atoms with Crippen molar-refractivity contribution in [3.05, 3.63) is 23.8 Å². The van der Waals surface area contributed by atoms with Gasteiger partial charge in [0, 0.05) is 12.5 Å². The number of rotatable bonds is 2. The molecule has 0 saturated carbocycles. The molecule has 2 heteroatoms. The summed E-state index contributed by atoms with van der Waals surface area (Å²) >= 11 is 0. The molecule has 0 unspecified atom stereocenters. The fourth-order valence-corrected chi connectivity index (χ4v) is 0.915. The van der Waals surface area contributed by atoms with Crippen molar-refractivity contribution in [1.29, 1.82) is 0 Å². The van der Waals surface area contributed by atoms with Crippen LogP contribution in [0, 0.1) is 0 Å². The third-order valence-electron chi connectivity index (χ3n) is 1.39. The summed E-state index contributed by atoms with van der Waals surface area (Å²) in [6.45, 7) is 7.44. The molecule has 1 aliphatic carbocycles. The van der Waals surface area contributed by atoms with Gasteiger partial charge in [-0.15, -0.1) is 0 Å². The van der Waals surface area contributed by atoms with Crippen LogP contribution in [0.4, 0.5) is 0 Å². The molecule has 0 aromatic carbocycles. The van der Waals surface area contributed by atoms with Gasteiger partial charge in [-0.05, 0) is 32.3 Å². The molecule has 0 aliphatic heterocycles. The Balaban J connectivity index is 0. The highest BCUT2D eigenvalue weighted by Gasteiger charge is 1.93. The Morgan fingerprint density at radius 2 is 1.93 bits per heavy atom. The Labute approximate surface area is 93.7 Å². The standard InChI is InChI=1S/C8H10O.C3H8O.C2H6/c9-7-6-8-4-2-1-3-5-8;1-3(2)4;1-2/h2,4-5,7H,1,3,6H2;3-4H,1-2H3;1-2H3. The highest BCUT2D eigenvalue weighted by atomic mass is 16.3. The van der Waals surface area contributed by atoms with Crippen molar-refractivity contribution >= 4 is 6.29 Å². The summed E-state index contributed by atoms with van der Waals surface area (Å²) in [5.41, 5.74) is 1.16. The minimum Gasteiger partial charge on any atom is -0.394 e. The number of hydrogen-bond acceptors (Lipinski definition) is 2. The van der Waals surface area contributed by atoms with Gasteiger partial charge < -0.3 is 9.90 Å². The van der Waals surface area contributed by atoms with E-state index in [1.165, 1.54) is 0 Å². The molecule has 0 heterocycles. The Hall–Kier alpha value is -0.890. The molecule has 0 amide bonds. The highest BCUT2D eigenvalue weighted by Crippen LogP contribution is 2.10. The number of carbonyl (C=O) groups excluding carboxylic acids is 1. The molecular weight excluding hydrogens is 188 g/mol. The van der Waals surface area contributed by atoms with Gasteiger partial charge in [0.2, 0.25) is 0 Å². The number of hydrogen-bond donors (Lipinski definition) is 1. The molecule has 1 N–H and O–H groups in total. The molecule has 0 aromatic heterocycles. The lowest BCUT2D eigenvalue weighted by molar-refractivity contribution is -0.107. The molecule has 1 rings (SSSR count). The van der Waals surface area contributed by atoms with Gasteiger partial charge >= 0.3 is 0 Å². The summed E-state index contributed by atoms with van der Waals surface area (Å²) < 4.78 is 0. The second-order valence-electron chi connectivity index (χ2n) is 3.22. The minimum atomic E-state index is -0.167. The molecular formula is C13H24O2.